The van der Waals surface area contributed by atoms with Crippen molar-refractivity contribution in [3.05, 3.63) is 35.9 Å². The van der Waals surface area contributed by atoms with Crippen molar-refractivity contribution in [1.82, 2.24) is 4.90 Å². The second-order valence-electron chi connectivity index (χ2n) is 4.05. The van der Waals surface area contributed by atoms with Crippen LogP contribution in [0.25, 0.3) is 0 Å². The second-order valence-corrected chi connectivity index (χ2v) is 4.05. The number of hydrogen-bond donors (Lipinski definition) is 2. The number of halogens is 3. The molecule has 1 rings (SSSR count). The number of hydrogen-bond acceptors (Lipinski definition) is 3. The van der Waals surface area contributed by atoms with Gasteiger partial charge in [0, 0.05) is 6.54 Å². The van der Waals surface area contributed by atoms with E-state index in [2.05, 4.69) is 29.2 Å². The molecule has 4 N–H and O–H groups in total. The predicted molar refractivity (Wildman–Crippen MR) is 90.8 cm³/mol. The summed E-state index contributed by atoms with van der Waals surface area (Å²) in [5, 5.41) is 0. The summed E-state index contributed by atoms with van der Waals surface area (Å²) in [6, 6.07) is 10.5. The third-order valence-corrected chi connectivity index (χ3v) is 2.61. The van der Waals surface area contributed by atoms with Gasteiger partial charge in [0.1, 0.15) is 0 Å². The van der Waals surface area contributed by atoms with Crippen molar-refractivity contribution in [1.29, 1.82) is 0 Å². The van der Waals surface area contributed by atoms with Crippen molar-refractivity contribution in [3.63, 3.8) is 0 Å². The van der Waals surface area contributed by atoms with Crippen LogP contribution in [0.1, 0.15) is 18.4 Å². The highest BCUT2D eigenvalue weighted by atomic mass is 35.5. The Bertz CT molecular complexity index is 265. The van der Waals surface area contributed by atoms with Gasteiger partial charge in [-0.2, -0.15) is 0 Å². The Kier molecular flexibility index (Phi) is 20.3. The van der Waals surface area contributed by atoms with E-state index >= 15 is 0 Å². The largest absolute Gasteiger partial charge is 0.330 e. The Labute approximate surface area is 135 Å². The van der Waals surface area contributed by atoms with Crippen LogP contribution in [0.3, 0.4) is 0 Å². The SMILES string of the molecule is Cl.Cl.Cl.NCCCN(CCCN)Cc1ccccc1. The Hall–Kier alpha value is -0.0300. The Morgan fingerprint density at radius 2 is 1.26 bits per heavy atom. The zero-order chi connectivity index (χ0) is 11.6. The number of rotatable bonds is 8. The summed E-state index contributed by atoms with van der Waals surface area (Å²) in [4.78, 5) is 2.43. The van der Waals surface area contributed by atoms with Crippen molar-refractivity contribution in [3.8, 4) is 0 Å². The molecule has 0 radical (unpaired) electrons. The number of nitrogens with two attached hydrogens (primary N) is 2. The minimum atomic E-state index is 0. The quantitative estimate of drug-likeness (QED) is 0.770. The zero-order valence-corrected chi connectivity index (χ0v) is 13.6. The molecule has 3 nitrogen and oxygen atoms in total. The molecule has 0 bridgehead atoms. The van der Waals surface area contributed by atoms with Crippen LogP contribution in [0.15, 0.2) is 30.3 Å². The molecule has 6 heteroatoms. The molecule has 114 valence electrons. The fraction of sp³-hybridized carbons (Fsp3) is 0.538. The molecule has 19 heavy (non-hydrogen) atoms. The lowest BCUT2D eigenvalue weighted by Gasteiger charge is -2.21. The van der Waals surface area contributed by atoms with Gasteiger partial charge in [-0.05, 0) is 44.6 Å². The first kappa shape index (κ1) is 24.0. The highest BCUT2D eigenvalue weighted by Crippen LogP contribution is 2.05. The van der Waals surface area contributed by atoms with E-state index in [1.165, 1.54) is 5.56 Å². The first-order chi connectivity index (χ1) is 7.86. The molecular weight excluding hydrogens is 305 g/mol. The minimum absolute atomic E-state index is 0. The molecule has 1 aromatic rings. The fourth-order valence-electron chi connectivity index (χ4n) is 1.74. The van der Waals surface area contributed by atoms with E-state index in [9.17, 15) is 0 Å². The Morgan fingerprint density at radius 1 is 0.789 bits per heavy atom. The van der Waals surface area contributed by atoms with E-state index in [0.717, 1.165) is 45.6 Å². The van der Waals surface area contributed by atoms with E-state index in [0.29, 0.717) is 0 Å². The predicted octanol–water partition coefficient (Wildman–Crippen LogP) is 2.45. The maximum absolute atomic E-state index is 5.55. The highest BCUT2D eigenvalue weighted by Gasteiger charge is 2.04. The lowest BCUT2D eigenvalue weighted by atomic mass is 10.2. The van der Waals surface area contributed by atoms with E-state index in [1.54, 1.807) is 0 Å². The monoisotopic (exact) mass is 329 g/mol. The third kappa shape index (κ3) is 11.5. The van der Waals surface area contributed by atoms with E-state index in [-0.39, 0.29) is 37.2 Å². The fourth-order valence-corrected chi connectivity index (χ4v) is 1.74. The maximum Gasteiger partial charge on any atom is 0.0233 e. The highest BCUT2D eigenvalue weighted by molar-refractivity contribution is 5.86. The van der Waals surface area contributed by atoms with Crippen LogP contribution in [-0.4, -0.2) is 31.1 Å². The normalized spacial score (nSPS) is 9.21. The van der Waals surface area contributed by atoms with Crippen LogP contribution in [0.2, 0.25) is 0 Å². The van der Waals surface area contributed by atoms with Gasteiger partial charge in [0.15, 0.2) is 0 Å². The molecule has 0 heterocycles. The molecule has 0 saturated heterocycles. The van der Waals surface area contributed by atoms with Crippen LogP contribution in [0, 0.1) is 0 Å². The van der Waals surface area contributed by atoms with Gasteiger partial charge >= 0.3 is 0 Å². The van der Waals surface area contributed by atoms with Gasteiger partial charge in [-0.3, -0.25) is 4.90 Å². The van der Waals surface area contributed by atoms with Gasteiger partial charge in [-0.25, -0.2) is 0 Å². The third-order valence-electron chi connectivity index (χ3n) is 2.61. The van der Waals surface area contributed by atoms with Crippen LogP contribution < -0.4 is 11.5 Å². The van der Waals surface area contributed by atoms with E-state index in [4.69, 9.17) is 11.5 Å². The molecule has 0 aliphatic carbocycles. The molecule has 0 saturated carbocycles. The molecule has 0 atom stereocenters. The van der Waals surface area contributed by atoms with E-state index < -0.39 is 0 Å². The Balaban J connectivity index is -0.000000853. The summed E-state index contributed by atoms with van der Waals surface area (Å²) >= 11 is 0. The van der Waals surface area contributed by atoms with Gasteiger partial charge in [0.05, 0.1) is 0 Å². The lowest BCUT2D eigenvalue weighted by Crippen LogP contribution is -2.28. The van der Waals surface area contributed by atoms with Crippen LogP contribution in [0.5, 0.6) is 0 Å². The minimum Gasteiger partial charge on any atom is -0.330 e. The summed E-state index contributed by atoms with van der Waals surface area (Å²) in [5.74, 6) is 0. The van der Waals surface area contributed by atoms with Crippen molar-refractivity contribution < 1.29 is 0 Å². The number of nitrogens with zero attached hydrogens (tertiary/aromatic N) is 1. The Morgan fingerprint density at radius 3 is 1.68 bits per heavy atom. The van der Waals surface area contributed by atoms with Gasteiger partial charge in [-0.15, -0.1) is 37.2 Å². The van der Waals surface area contributed by atoms with Gasteiger partial charge in [0.2, 0.25) is 0 Å². The second kappa shape index (κ2) is 16.0. The smallest absolute Gasteiger partial charge is 0.0233 e. The number of benzene rings is 1. The van der Waals surface area contributed by atoms with Crippen molar-refractivity contribution in [2.24, 2.45) is 11.5 Å². The molecule has 0 fully saturated rings. The lowest BCUT2D eigenvalue weighted by molar-refractivity contribution is 0.262. The summed E-state index contributed by atoms with van der Waals surface area (Å²) in [5.41, 5.74) is 12.5. The molecule has 0 amide bonds. The van der Waals surface area contributed by atoms with Crippen molar-refractivity contribution in [2.45, 2.75) is 19.4 Å². The molecule has 0 aliphatic rings. The molecule has 0 aliphatic heterocycles. The van der Waals surface area contributed by atoms with Crippen LogP contribution >= 0.6 is 37.2 Å². The standard InChI is InChI=1S/C13H23N3.3ClH/c14-8-4-10-16(11-5-9-15)12-13-6-2-1-3-7-13;;;/h1-3,6-7H,4-5,8-12,14-15H2;3*1H. The van der Waals surface area contributed by atoms with Crippen LogP contribution in [0.4, 0.5) is 0 Å². The van der Waals surface area contributed by atoms with E-state index in [1.807, 2.05) is 6.07 Å². The summed E-state index contributed by atoms with van der Waals surface area (Å²) in [6.07, 6.45) is 2.11. The zero-order valence-electron chi connectivity index (χ0n) is 11.2. The average molecular weight is 331 g/mol. The summed E-state index contributed by atoms with van der Waals surface area (Å²) in [6.45, 7) is 4.64. The van der Waals surface area contributed by atoms with Crippen molar-refractivity contribution in [2.75, 3.05) is 26.2 Å². The molecule has 0 aromatic heterocycles. The molecular formula is C13H26Cl3N3. The van der Waals surface area contributed by atoms with Gasteiger partial charge in [0.25, 0.3) is 0 Å². The molecule has 0 spiro atoms. The summed E-state index contributed by atoms with van der Waals surface area (Å²) in [7, 11) is 0. The average Bonchev–Trinajstić information content (AvgIpc) is 2.34. The van der Waals surface area contributed by atoms with Gasteiger partial charge < -0.3 is 11.5 Å². The molecule has 0 unspecified atom stereocenters. The molecule has 1 aromatic carbocycles. The maximum atomic E-state index is 5.55. The first-order valence-corrected chi connectivity index (χ1v) is 6.03. The van der Waals surface area contributed by atoms with Gasteiger partial charge in [-0.1, -0.05) is 30.3 Å². The van der Waals surface area contributed by atoms with Crippen molar-refractivity contribution >= 4 is 37.2 Å². The first-order valence-electron chi connectivity index (χ1n) is 6.03. The topological polar surface area (TPSA) is 55.3 Å². The van der Waals surface area contributed by atoms with Crippen LogP contribution in [-0.2, 0) is 6.54 Å². The summed E-state index contributed by atoms with van der Waals surface area (Å²) < 4.78 is 0.